The van der Waals surface area contributed by atoms with Crippen LogP contribution in [0.4, 0.5) is 4.39 Å². The number of nitrogens with one attached hydrogen (secondary N) is 1. The number of carbonyl (C=O) groups excluding carboxylic acids is 3. The lowest BCUT2D eigenvalue weighted by molar-refractivity contribution is -0.128. The first kappa shape index (κ1) is 26.1. The number of hydrogen-bond donors (Lipinski definition) is 1. The Kier molecular flexibility index (Phi) is 7.62. The molecule has 2 aromatic rings. The topological polar surface area (TPSA) is 97.4 Å². The van der Waals surface area contributed by atoms with E-state index in [2.05, 4.69) is 5.32 Å². The van der Waals surface area contributed by atoms with Gasteiger partial charge in [-0.2, -0.15) is 0 Å². The third kappa shape index (κ3) is 5.23. The fourth-order valence-electron chi connectivity index (χ4n) is 5.41. The predicted molar refractivity (Wildman–Crippen MR) is 135 cm³/mol. The molecule has 3 amide bonds. The number of carbonyl (C=O) groups is 3. The van der Waals surface area contributed by atoms with Gasteiger partial charge in [-0.3, -0.25) is 19.3 Å². The van der Waals surface area contributed by atoms with Crippen LogP contribution < -0.4 is 10.1 Å². The average Bonchev–Trinajstić information content (AvgIpc) is 3.60. The molecule has 3 aliphatic rings. The molecule has 0 bridgehead atoms. The van der Waals surface area contributed by atoms with Gasteiger partial charge in [0.1, 0.15) is 23.3 Å². The Balaban J connectivity index is 1.33. The lowest BCUT2D eigenvalue weighted by Crippen LogP contribution is -2.60. The van der Waals surface area contributed by atoms with Crippen molar-refractivity contribution >= 4 is 17.7 Å². The van der Waals surface area contributed by atoms with E-state index < -0.39 is 23.5 Å². The van der Waals surface area contributed by atoms with Gasteiger partial charge in [-0.25, -0.2) is 4.39 Å². The van der Waals surface area contributed by atoms with E-state index in [1.165, 1.54) is 29.2 Å². The first-order valence-corrected chi connectivity index (χ1v) is 13.0. The number of likely N-dealkylation sites (tertiary alicyclic amines) is 1. The molecule has 3 heterocycles. The first-order valence-electron chi connectivity index (χ1n) is 13.0. The van der Waals surface area contributed by atoms with Crippen LogP contribution in [-0.4, -0.2) is 85.3 Å². The second-order valence-corrected chi connectivity index (χ2v) is 9.86. The van der Waals surface area contributed by atoms with Crippen LogP contribution in [0.2, 0.25) is 0 Å². The third-order valence-corrected chi connectivity index (χ3v) is 7.57. The molecule has 0 unspecified atom stereocenters. The minimum atomic E-state index is -1.05. The number of halogens is 1. The van der Waals surface area contributed by atoms with Crippen LogP contribution in [0, 0.1) is 5.82 Å². The molecule has 0 aliphatic carbocycles. The van der Waals surface area contributed by atoms with E-state index in [0.717, 1.165) is 12.8 Å². The lowest BCUT2D eigenvalue weighted by Gasteiger charge is -2.44. The van der Waals surface area contributed by atoms with E-state index in [4.69, 9.17) is 14.2 Å². The molecule has 2 atom stereocenters. The molecule has 3 fully saturated rings. The van der Waals surface area contributed by atoms with Gasteiger partial charge in [0.15, 0.2) is 0 Å². The molecule has 38 heavy (non-hydrogen) atoms. The van der Waals surface area contributed by atoms with Gasteiger partial charge in [0.25, 0.3) is 11.8 Å². The summed E-state index contributed by atoms with van der Waals surface area (Å²) in [5.41, 5.74) is -0.238. The van der Waals surface area contributed by atoms with Gasteiger partial charge in [-0.05, 0) is 61.4 Å². The van der Waals surface area contributed by atoms with E-state index in [-0.39, 0.29) is 30.1 Å². The van der Waals surface area contributed by atoms with Crippen molar-refractivity contribution in [3.63, 3.8) is 0 Å². The van der Waals surface area contributed by atoms with Crippen LogP contribution in [0.5, 0.6) is 5.75 Å². The smallest absolute Gasteiger partial charge is 0.256 e. The zero-order valence-corrected chi connectivity index (χ0v) is 21.4. The third-order valence-electron chi connectivity index (χ3n) is 7.57. The van der Waals surface area contributed by atoms with Crippen molar-refractivity contribution in [2.45, 2.75) is 43.6 Å². The van der Waals surface area contributed by atoms with Crippen molar-refractivity contribution < 1.29 is 33.0 Å². The average molecular weight is 526 g/mol. The summed E-state index contributed by atoms with van der Waals surface area (Å²) < 4.78 is 30.6. The van der Waals surface area contributed by atoms with Crippen molar-refractivity contribution in [1.29, 1.82) is 0 Å². The summed E-state index contributed by atoms with van der Waals surface area (Å²) in [4.78, 5) is 43.3. The van der Waals surface area contributed by atoms with Gasteiger partial charge in [0.2, 0.25) is 5.91 Å². The van der Waals surface area contributed by atoms with E-state index in [9.17, 15) is 18.8 Å². The van der Waals surface area contributed by atoms with Crippen molar-refractivity contribution in [1.82, 2.24) is 15.1 Å². The minimum absolute atomic E-state index is 0.0383. The summed E-state index contributed by atoms with van der Waals surface area (Å²) in [7, 11) is 1.57. The van der Waals surface area contributed by atoms with Crippen LogP contribution in [0.25, 0.3) is 0 Å². The summed E-state index contributed by atoms with van der Waals surface area (Å²) in [6.07, 6.45) is 2.48. The maximum Gasteiger partial charge on any atom is 0.256 e. The molecule has 1 N–H and O–H groups in total. The second-order valence-electron chi connectivity index (χ2n) is 9.86. The van der Waals surface area contributed by atoms with E-state index >= 15 is 0 Å². The number of hydrogen-bond acceptors (Lipinski definition) is 6. The molecule has 9 nitrogen and oxygen atoms in total. The largest absolute Gasteiger partial charge is 0.497 e. The Bertz CT molecular complexity index is 1160. The van der Waals surface area contributed by atoms with E-state index in [0.29, 0.717) is 50.4 Å². The summed E-state index contributed by atoms with van der Waals surface area (Å²) in [6, 6.07) is 11.3. The Morgan fingerprint density at radius 2 is 1.68 bits per heavy atom. The molecular formula is C28H32FN3O6. The highest BCUT2D eigenvalue weighted by Gasteiger charge is 2.54. The molecular weight excluding hydrogens is 493 g/mol. The molecule has 0 radical (unpaired) electrons. The Labute approximate surface area is 220 Å². The Hall–Kier alpha value is -3.50. The second kappa shape index (κ2) is 11.1. The number of amides is 3. The predicted octanol–water partition coefficient (Wildman–Crippen LogP) is 2.60. The molecule has 5 rings (SSSR count). The molecule has 10 heteroatoms. The van der Waals surface area contributed by atoms with Crippen molar-refractivity contribution in [2.24, 2.45) is 0 Å². The molecule has 0 saturated carbocycles. The number of piperidine rings is 1. The summed E-state index contributed by atoms with van der Waals surface area (Å²) in [5, 5.41) is 2.92. The number of benzene rings is 2. The molecule has 2 aromatic carbocycles. The SMILES string of the molecule is COc1ccc(C(=O)N2CCC3(CC2)OC[C@H](C(=O)NC[C@H]2CCCO2)N3C(=O)c2ccc(F)cc2)cc1. The van der Waals surface area contributed by atoms with Crippen LogP contribution in [0.1, 0.15) is 46.4 Å². The Morgan fingerprint density at radius 3 is 2.32 bits per heavy atom. The minimum Gasteiger partial charge on any atom is -0.497 e. The zero-order chi connectivity index (χ0) is 26.7. The summed E-state index contributed by atoms with van der Waals surface area (Å²) in [6.45, 7) is 1.78. The van der Waals surface area contributed by atoms with Crippen molar-refractivity contribution in [3.8, 4) is 5.75 Å². The lowest BCUT2D eigenvalue weighted by atomic mass is 9.96. The van der Waals surface area contributed by atoms with Crippen LogP contribution in [0.3, 0.4) is 0 Å². The van der Waals surface area contributed by atoms with Gasteiger partial charge in [-0.15, -0.1) is 0 Å². The first-order chi connectivity index (χ1) is 18.4. The molecule has 3 saturated heterocycles. The van der Waals surface area contributed by atoms with Gasteiger partial charge >= 0.3 is 0 Å². The monoisotopic (exact) mass is 525 g/mol. The highest BCUT2D eigenvalue weighted by molar-refractivity contribution is 5.98. The highest BCUT2D eigenvalue weighted by Crippen LogP contribution is 2.39. The van der Waals surface area contributed by atoms with Crippen LogP contribution in [0.15, 0.2) is 48.5 Å². The fraction of sp³-hybridized carbons (Fsp3) is 0.464. The van der Waals surface area contributed by atoms with Crippen LogP contribution >= 0.6 is 0 Å². The van der Waals surface area contributed by atoms with Crippen molar-refractivity contribution in [3.05, 3.63) is 65.5 Å². The summed E-state index contributed by atoms with van der Waals surface area (Å²) >= 11 is 0. The normalized spacial score (nSPS) is 22.5. The molecule has 202 valence electrons. The van der Waals surface area contributed by atoms with Gasteiger partial charge in [0.05, 0.1) is 19.8 Å². The van der Waals surface area contributed by atoms with Gasteiger partial charge in [0, 0.05) is 50.2 Å². The quantitative estimate of drug-likeness (QED) is 0.623. The van der Waals surface area contributed by atoms with Crippen molar-refractivity contribution in [2.75, 3.05) is 40.0 Å². The van der Waals surface area contributed by atoms with Gasteiger partial charge < -0.3 is 24.4 Å². The number of rotatable bonds is 6. The van der Waals surface area contributed by atoms with E-state index in [1.54, 1.807) is 36.3 Å². The zero-order valence-electron chi connectivity index (χ0n) is 21.4. The Morgan fingerprint density at radius 1 is 1.03 bits per heavy atom. The molecule has 0 aromatic heterocycles. The van der Waals surface area contributed by atoms with Crippen LogP contribution in [-0.2, 0) is 14.3 Å². The molecule has 1 spiro atoms. The van der Waals surface area contributed by atoms with Gasteiger partial charge in [-0.1, -0.05) is 0 Å². The number of ether oxygens (including phenoxy) is 3. The summed E-state index contributed by atoms with van der Waals surface area (Å²) in [5.74, 6) is -0.635. The molecule has 3 aliphatic heterocycles. The van der Waals surface area contributed by atoms with E-state index in [1.807, 2.05) is 0 Å². The highest BCUT2D eigenvalue weighted by atomic mass is 19.1. The number of methoxy groups -OCH3 is 1. The maximum absolute atomic E-state index is 13.7. The number of nitrogens with zero attached hydrogens (tertiary/aromatic N) is 2. The fourth-order valence-corrected chi connectivity index (χ4v) is 5.41. The standard InChI is InChI=1S/C28H32FN3O6/c1-36-22-10-6-19(7-11-22)26(34)31-14-12-28(13-15-31)32(27(35)20-4-8-21(29)9-5-20)24(18-38-28)25(33)30-17-23-3-2-16-37-23/h4-11,23-24H,2-3,12-18H2,1H3,(H,30,33)/t23-,24-/m1/s1. The maximum atomic E-state index is 13.7.